The SMILES string of the molecule is CS(=O)(=O)Nc1ccc(C2=NN(c3nc(-c4ccccc4)c4cc(Cl)ccc4n3)[C@H](c3c(F)cccc3Cl)C2)cc1. The smallest absolute Gasteiger partial charge is 0.247 e. The van der Waals surface area contributed by atoms with E-state index < -0.39 is 21.9 Å². The van der Waals surface area contributed by atoms with Crippen LogP contribution < -0.4 is 9.73 Å². The Bertz CT molecular complexity index is 1900. The normalized spacial score (nSPS) is 15.3. The molecule has 6 rings (SSSR count). The van der Waals surface area contributed by atoms with Gasteiger partial charge in [-0.25, -0.2) is 27.8 Å². The number of hydrogen-bond donors (Lipinski definition) is 1. The van der Waals surface area contributed by atoms with Gasteiger partial charge in [-0.05, 0) is 48.0 Å². The second-order valence-corrected chi connectivity index (χ2v) is 12.2. The van der Waals surface area contributed by atoms with E-state index in [1.165, 1.54) is 6.07 Å². The van der Waals surface area contributed by atoms with E-state index in [-0.39, 0.29) is 16.5 Å². The standard InChI is InChI=1S/C30H22Cl2FN5O2S/c1-41(39,40)37-21-13-10-18(11-14-21)26-17-27(28-23(32)8-5-9-24(28)33)38(36-26)30-34-25-15-12-20(31)16-22(25)29(35-30)19-6-3-2-4-7-19/h2-16,27,37H,17H2,1H3/t27-/m0/s1. The first kappa shape index (κ1) is 27.1. The number of anilines is 2. The number of sulfonamides is 1. The highest BCUT2D eigenvalue weighted by Gasteiger charge is 2.35. The average molecular weight is 607 g/mol. The van der Waals surface area contributed by atoms with Crippen LogP contribution in [0.5, 0.6) is 0 Å². The average Bonchev–Trinajstić information content (AvgIpc) is 3.37. The summed E-state index contributed by atoms with van der Waals surface area (Å²) in [6, 6.07) is 25.8. The minimum Gasteiger partial charge on any atom is -0.284 e. The van der Waals surface area contributed by atoms with Gasteiger partial charge in [0.25, 0.3) is 0 Å². The third-order valence-electron chi connectivity index (χ3n) is 6.66. The summed E-state index contributed by atoms with van der Waals surface area (Å²) in [5.41, 5.74) is 4.25. The van der Waals surface area contributed by atoms with Crippen molar-refractivity contribution >= 4 is 61.5 Å². The van der Waals surface area contributed by atoms with E-state index in [1.807, 2.05) is 42.5 Å². The lowest BCUT2D eigenvalue weighted by Gasteiger charge is -2.24. The number of aromatic nitrogens is 2. The highest BCUT2D eigenvalue weighted by atomic mass is 35.5. The van der Waals surface area contributed by atoms with Crippen LogP contribution in [0.4, 0.5) is 16.0 Å². The van der Waals surface area contributed by atoms with Gasteiger partial charge < -0.3 is 0 Å². The number of nitrogens with one attached hydrogen (secondary N) is 1. The summed E-state index contributed by atoms with van der Waals surface area (Å²) < 4.78 is 41.0. The van der Waals surface area contributed by atoms with Crippen LogP contribution in [0.3, 0.4) is 0 Å². The molecule has 0 saturated heterocycles. The molecule has 0 bridgehead atoms. The van der Waals surface area contributed by atoms with E-state index in [4.69, 9.17) is 38.3 Å². The van der Waals surface area contributed by atoms with E-state index in [0.29, 0.717) is 34.1 Å². The number of rotatable bonds is 6. The number of hydrogen-bond acceptors (Lipinski definition) is 6. The predicted molar refractivity (Wildman–Crippen MR) is 163 cm³/mol. The van der Waals surface area contributed by atoms with Gasteiger partial charge in [0.05, 0.1) is 29.2 Å². The highest BCUT2D eigenvalue weighted by Crippen LogP contribution is 2.41. The van der Waals surface area contributed by atoms with E-state index in [2.05, 4.69) is 4.72 Å². The number of hydrazone groups is 1. The van der Waals surface area contributed by atoms with Crippen molar-refractivity contribution in [3.63, 3.8) is 0 Å². The van der Waals surface area contributed by atoms with Crippen molar-refractivity contribution in [2.45, 2.75) is 12.5 Å². The largest absolute Gasteiger partial charge is 0.284 e. The fraction of sp³-hybridized carbons (Fsp3) is 0.100. The molecule has 0 unspecified atom stereocenters. The Hall–Kier alpha value is -4.05. The minimum atomic E-state index is -3.43. The molecule has 1 N–H and O–H groups in total. The lowest BCUT2D eigenvalue weighted by molar-refractivity contribution is 0.576. The molecule has 2 heterocycles. The summed E-state index contributed by atoms with van der Waals surface area (Å²) in [6.45, 7) is 0. The second kappa shape index (κ2) is 10.7. The molecule has 1 aliphatic heterocycles. The summed E-state index contributed by atoms with van der Waals surface area (Å²) in [5, 5.41) is 8.05. The molecular weight excluding hydrogens is 584 g/mol. The van der Waals surface area contributed by atoms with E-state index in [0.717, 1.165) is 22.8 Å². The van der Waals surface area contributed by atoms with Crippen LogP contribution in [0.1, 0.15) is 23.6 Å². The van der Waals surface area contributed by atoms with E-state index >= 15 is 4.39 Å². The van der Waals surface area contributed by atoms with Crippen LogP contribution in [0.2, 0.25) is 10.0 Å². The van der Waals surface area contributed by atoms with Crippen LogP contribution in [0.15, 0.2) is 96.1 Å². The number of halogens is 3. The van der Waals surface area contributed by atoms with Gasteiger partial charge in [0.2, 0.25) is 16.0 Å². The van der Waals surface area contributed by atoms with Gasteiger partial charge in [0.1, 0.15) is 5.82 Å². The first-order valence-electron chi connectivity index (χ1n) is 12.6. The van der Waals surface area contributed by atoms with Gasteiger partial charge in [-0.2, -0.15) is 5.10 Å². The predicted octanol–water partition coefficient (Wildman–Crippen LogP) is 7.47. The maximum Gasteiger partial charge on any atom is 0.247 e. The van der Waals surface area contributed by atoms with E-state index in [9.17, 15) is 8.42 Å². The van der Waals surface area contributed by atoms with Gasteiger partial charge in [-0.3, -0.25) is 4.72 Å². The summed E-state index contributed by atoms with van der Waals surface area (Å²) in [6.07, 6.45) is 1.39. The molecule has 0 spiro atoms. The number of nitrogens with zero attached hydrogens (tertiary/aromatic N) is 4. The molecule has 4 aromatic carbocycles. The Kier molecular flexibility index (Phi) is 7.11. The Morgan fingerprint density at radius 2 is 1.66 bits per heavy atom. The Labute approximate surface area is 246 Å². The first-order valence-corrected chi connectivity index (χ1v) is 15.2. The van der Waals surface area contributed by atoms with Gasteiger partial charge in [-0.1, -0.05) is 71.7 Å². The summed E-state index contributed by atoms with van der Waals surface area (Å²) >= 11 is 12.9. The zero-order chi connectivity index (χ0) is 28.7. The molecule has 1 aromatic heterocycles. The fourth-order valence-corrected chi connectivity index (χ4v) is 5.90. The quantitative estimate of drug-likeness (QED) is 0.217. The molecule has 0 saturated carbocycles. The van der Waals surface area contributed by atoms with Crippen molar-refractivity contribution in [2.75, 3.05) is 16.0 Å². The van der Waals surface area contributed by atoms with Gasteiger partial charge in [-0.15, -0.1) is 0 Å². The van der Waals surface area contributed by atoms with E-state index in [1.54, 1.807) is 47.5 Å². The van der Waals surface area contributed by atoms with Gasteiger partial charge in [0.15, 0.2) is 0 Å². The zero-order valence-electron chi connectivity index (χ0n) is 21.6. The van der Waals surface area contributed by atoms with Crippen LogP contribution in [0, 0.1) is 5.82 Å². The van der Waals surface area contributed by atoms with Crippen molar-refractivity contribution in [3.8, 4) is 11.3 Å². The molecule has 41 heavy (non-hydrogen) atoms. The third-order valence-corrected chi connectivity index (χ3v) is 7.83. The highest BCUT2D eigenvalue weighted by molar-refractivity contribution is 7.92. The van der Waals surface area contributed by atoms with Crippen LogP contribution in [-0.4, -0.2) is 30.4 Å². The molecule has 206 valence electrons. The lowest BCUT2D eigenvalue weighted by atomic mass is 9.98. The second-order valence-electron chi connectivity index (χ2n) is 9.60. The molecule has 1 atom stereocenters. The van der Waals surface area contributed by atoms with Crippen molar-refractivity contribution in [1.29, 1.82) is 0 Å². The Balaban J connectivity index is 1.51. The number of benzene rings is 4. The van der Waals surface area contributed by atoms with Crippen molar-refractivity contribution in [1.82, 2.24) is 9.97 Å². The van der Waals surface area contributed by atoms with Gasteiger partial charge in [0, 0.05) is 38.7 Å². The molecular formula is C30H22Cl2FN5O2S. The molecule has 0 amide bonds. The van der Waals surface area contributed by atoms with Crippen LogP contribution >= 0.6 is 23.2 Å². The summed E-state index contributed by atoms with van der Waals surface area (Å²) in [7, 11) is -3.43. The summed E-state index contributed by atoms with van der Waals surface area (Å²) in [4.78, 5) is 9.73. The fourth-order valence-electron chi connectivity index (χ4n) is 4.87. The molecule has 1 aliphatic rings. The van der Waals surface area contributed by atoms with Crippen LogP contribution in [0.25, 0.3) is 22.2 Å². The van der Waals surface area contributed by atoms with Crippen molar-refractivity contribution < 1.29 is 12.8 Å². The molecule has 0 fully saturated rings. The lowest BCUT2D eigenvalue weighted by Crippen LogP contribution is -2.22. The van der Waals surface area contributed by atoms with Crippen molar-refractivity contribution in [2.24, 2.45) is 5.10 Å². The van der Waals surface area contributed by atoms with Crippen molar-refractivity contribution in [3.05, 3.63) is 118 Å². The Morgan fingerprint density at radius 1 is 0.902 bits per heavy atom. The first-order chi connectivity index (χ1) is 19.7. The molecule has 0 aliphatic carbocycles. The summed E-state index contributed by atoms with van der Waals surface area (Å²) in [5.74, 6) is -0.194. The van der Waals surface area contributed by atoms with Gasteiger partial charge >= 0.3 is 0 Å². The monoisotopic (exact) mass is 605 g/mol. The van der Waals surface area contributed by atoms with Crippen LogP contribution in [-0.2, 0) is 10.0 Å². The molecule has 0 radical (unpaired) electrons. The molecule has 7 nitrogen and oxygen atoms in total. The topological polar surface area (TPSA) is 87.5 Å². The maximum absolute atomic E-state index is 15.3. The third kappa shape index (κ3) is 5.61. The minimum absolute atomic E-state index is 0.264. The Morgan fingerprint density at radius 3 is 2.37 bits per heavy atom. The molecule has 5 aromatic rings. The number of fused-ring (bicyclic) bond motifs is 1. The zero-order valence-corrected chi connectivity index (χ0v) is 23.9. The molecule has 11 heteroatoms. The maximum atomic E-state index is 15.3.